The number of rotatable bonds is 3. The Morgan fingerprint density at radius 3 is 1.68 bits per heavy atom. The molecule has 31 heavy (non-hydrogen) atoms. The quantitative estimate of drug-likeness (QED) is 0.358. The maximum atomic E-state index is 9.84. The van der Waals surface area contributed by atoms with Crippen LogP contribution in [-0.4, -0.2) is 12.2 Å². The topological polar surface area (TPSA) is 29.5 Å². The van der Waals surface area contributed by atoms with Crippen molar-refractivity contribution in [3.8, 4) is 44.9 Å². The van der Waals surface area contributed by atoms with Crippen molar-refractivity contribution < 1.29 is 9.84 Å². The third-order valence-electron chi connectivity index (χ3n) is 6.33. The lowest BCUT2D eigenvalue weighted by Crippen LogP contribution is -2.01. The molecule has 0 aromatic heterocycles. The number of aromatic hydroxyl groups is 1. The molecule has 0 saturated heterocycles. The van der Waals surface area contributed by atoms with Crippen molar-refractivity contribution in [2.75, 3.05) is 7.11 Å². The van der Waals surface area contributed by atoms with Crippen molar-refractivity contribution in [1.29, 1.82) is 0 Å². The largest absolute Gasteiger partial charge is 0.508 e. The summed E-state index contributed by atoms with van der Waals surface area (Å²) in [4.78, 5) is 0. The highest BCUT2D eigenvalue weighted by Gasteiger charge is 2.27. The molecule has 0 atom stereocenters. The summed E-state index contributed by atoms with van der Waals surface area (Å²) in [5, 5.41) is 15.9. The van der Waals surface area contributed by atoms with Crippen LogP contribution in [0, 0.1) is 0 Å². The molecule has 0 amide bonds. The summed E-state index contributed by atoms with van der Waals surface area (Å²) < 4.78 is 5.37. The van der Waals surface area contributed by atoms with E-state index in [2.05, 4.69) is 55.1 Å². The summed E-state index contributed by atoms with van der Waals surface area (Å²) in [7, 11) is 1.68. The Bertz CT molecular complexity index is 1560. The van der Waals surface area contributed by atoms with Gasteiger partial charge >= 0.3 is 0 Å². The van der Waals surface area contributed by atoms with E-state index in [-0.39, 0.29) is 5.75 Å². The van der Waals surface area contributed by atoms with Gasteiger partial charge in [-0.2, -0.15) is 0 Å². The van der Waals surface area contributed by atoms with Gasteiger partial charge in [-0.15, -0.1) is 0 Å². The molecule has 0 saturated carbocycles. The van der Waals surface area contributed by atoms with Crippen molar-refractivity contribution in [2.45, 2.75) is 0 Å². The Morgan fingerprint density at radius 1 is 0.645 bits per heavy atom. The molecule has 0 heterocycles. The first-order valence-electron chi connectivity index (χ1n) is 10.3. The van der Waals surface area contributed by atoms with Gasteiger partial charge in [-0.25, -0.2) is 0 Å². The zero-order valence-corrected chi connectivity index (χ0v) is 17.1. The molecule has 0 radical (unpaired) electrons. The molecule has 2 nitrogen and oxygen atoms in total. The van der Waals surface area contributed by atoms with Crippen molar-refractivity contribution in [2.24, 2.45) is 0 Å². The monoisotopic (exact) mass is 400 g/mol. The van der Waals surface area contributed by atoms with E-state index in [1.165, 1.54) is 32.7 Å². The molecule has 0 unspecified atom stereocenters. The van der Waals surface area contributed by atoms with Gasteiger partial charge in [-0.05, 0) is 84.4 Å². The van der Waals surface area contributed by atoms with E-state index in [9.17, 15) is 5.11 Å². The SMILES string of the molecule is C=c1c(-c2ccc(O)cc2)c2c3cccc4cccc(c-2c1-c1ccc(OC)cc1)c43. The van der Waals surface area contributed by atoms with Crippen LogP contribution in [0.2, 0.25) is 0 Å². The van der Waals surface area contributed by atoms with Crippen LogP contribution in [0.5, 0.6) is 11.5 Å². The molecule has 6 rings (SSSR count). The standard InChI is InChI=1S/C29H20O2/c1-17-25(19-9-13-21(30)14-10-19)28-23-7-3-5-18-6-4-8-24(27(18)23)29(28)26(17)20-11-15-22(31-2)16-12-20/h3-16,30H,1H2,2H3. The molecule has 0 bridgehead atoms. The smallest absolute Gasteiger partial charge is 0.118 e. The first-order chi connectivity index (χ1) is 15.2. The number of hydrogen-bond acceptors (Lipinski definition) is 2. The Morgan fingerprint density at radius 2 is 1.16 bits per heavy atom. The van der Waals surface area contributed by atoms with Crippen LogP contribution >= 0.6 is 0 Å². The predicted molar refractivity (Wildman–Crippen MR) is 129 cm³/mol. The van der Waals surface area contributed by atoms with Gasteiger partial charge in [0.2, 0.25) is 0 Å². The van der Waals surface area contributed by atoms with E-state index in [1.807, 2.05) is 24.3 Å². The highest BCUT2D eigenvalue weighted by molar-refractivity contribution is 6.29. The summed E-state index contributed by atoms with van der Waals surface area (Å²) in [6.07, 6.45) is 0. The van der Waals surface area contributed by atoms with Crippen LogP contribution in [0.4, 0.5) is 0 Å². The fourth-order valence-corrected chi connectivity index (χ4v) is 5.00. The van der Waals surface area contributed by atoms with Gasteiger partial charge in [0, 0.05) is 0 Å². The third-order valence-corrected chi connectivity index (χ3v) is 6.33. The number of fused-ring (bicyclic) bond motifs is 3. The number of ether oxygens (including phenoxy) is 1. The van der Waals surface area contributed by atoms with Gasteiger partial charge < -0.3 is 9.84 Å². The molecule has 4 aromatic rings. The van der Waals surface area contributed by atoms with Crippen LogP contribution in [0.3, 0.4) is 0 Å². The molecule has 1 N–H and O–H groups in total. The molecule has 4 aromatic carbocycles. The second kappa shape index (κ2) is 6.48. The van der Waals surface area contributed by atoms with E-state index < -0.39 is 0 Å². The minimum absolute atomic E-state index is 0.262. The van der Waals surface area contributed by atoms with Gasteiger partial charge in [-0.3, -0.25) is 0 Å². The number of benzene rings is 4. The van der Waals surface area contributed by atoms with E-state index >= 15 is 0 Å². The van der Waals surface area contributed by atoms with E-state index in [1.54, 1.807) is 19.2 Å². The first-order valence-corrected chi connectivity index (χ1v) is 10.3. The Labute approximate surface area is 180 Å². The van der Waals surface area contributed by atoms with Crippen molar-refractivity contribution in [3.63, 3.8) is 0 Å². The lowest BCUT2D eigenvalue weighted by molar-refractivity contribution is 0.415. The molecule has 148 valence electrons. The second-order valence-corrected chi connectivity index (χ2v) is 7.96. The fourth-order valence-electron chi connectivity index (χ4n) is 5.00. The number of methoxy groups -OCH3 is 1. The maximum absolute atomic E-state index is 9.84. The van der Waals surface area contributed by atoms with Crippen LogP contribution in [0.25, 0.3) is 61.5 Å². The number of phenols is 1. The highest BCUT2D eigenvalue weighted by Crippen LogP contribution is 2.51. The Kier molecular flexibility index (Phi) is 3.72. The Balaban J connectivity index is 1.79. The molecular weight excluding hydrogens is 380 g/mol. The fraction of sp³-hybridized carbons (Fsp3) is 0.0345. The van der Waals surface area contributed by atoms with Crippen LogP contribution in [0.1, 0.15) is 0 Å². The van der Waals surface area contributed by atoms with Crippen molar-refractivity contribution in [3.05, 3.63) is 90.1 Å². The van der Waals surface area contributed by atoms with Crippen LogP contribution < -0.4 is 9.96 Å². The zero-order valence-electron chi connectivity index (χ0n) is 17.1. The number of phenolic OH excluding ortho intramolecular Hbond substituents is 1. The molecule has 0 aliphatic heterocycles. The van der Waals surface area contributed by atoms with Crippen molar-refractivity contribution in [1.82, 2.24) is 0 Å². The molecule has 0 spiro atoms. The summed E-state index contributed by atoms with van der Waals surface area (Å²) in [5.74, 6) is 1.10. The summed E-state index contributed by atoms with van der Waals surface area (Å²) in [5.41, 5.74) is 6.94. The lowest BCUT2D eigenvalue weighted by atomic mass is 10.00. The molecular formula is C29H20O2. The average molecular weight is 400 g/mol. The predicted octanol–water partition coefficient (Wildman–Crippen LogP) is 6.71. The Hall–Kier alpha value is -4.04. The van der Waals surface area contributed by atoms with Crippen LogP contribution in [0.15, 0.2) is 84.9 Å². The van der Waals surface area contributed by atoms with Gasteiger partial charge in [0.25, 0.3) is 0 Å². The van der Waals surface area contributed by atoms with Gasteiger partial charge in [0.15, 0.2) is 0 Å². The van der Waals surface area contributed by atoms with Crippen molar-refractivity contribution >= 4 is 28.1 Å². The minimum Gasteiger partial charge on any atom is -0.508 e. The summed E-state index contributed by atoms with van der Waals surface area (Å²) in [6.45, 7) is 4.54. The molecule has 2 aliphatic carbocycles. The summed E-state index contributed by atoms with van der Waals surface area (Å²) in [6, 6.07) is 28.6. The molecule has 0 fully saturated rings. The molecule has 2 aliphatic rings. The molecule has 2 heteroatoms. The maximum Gasteiger partial charge on any atom is 0.118 e. The zero-order chi connectivity index (χ0) is 21.1. The minimum atomic E-state index is 0.262. The van der Waals surface area contributed by atoms with E-state index in [0.717, 1.165) is 33.2 Å². The normalized spacial score (nSPS) is 11.6. The van der Waals surface area contributed by atoms with Crippen LogP contribution in [-0.2, 0) is 0 Å². The third kappa shape index (κ3) is 2.45. The van der Waals surface area contributed by atoms with E-state index in [4.69, 9.17) is 4.74 Å². The van der Waals surface area contributed by atoms with Gasteiger partial charge in [0.1, 0.15) is 11.5 Å². The highest BCUT2D eigenvalue weighted by atomic mass is 16.5. The van der Waals surface area contributed by atoms with E-state index in [0.29, 0.717) is 0 Å². The van der Waals surface area contributed by atoms with Gasteiger partial charge in [-0.1, -0.05) is 67.2 Å². The summed E-state index contributed by atoms with van der Waals surface area (Å²) >= 11 is 0. The average Bonchev–Trinajstić information content (AvgIpc) is 3.28. The second-order valence-electron chi connectivity index (χ2n) is 7.96. The first kappa shape index (κ1) is 17.8. The lowest BCUT2D eigenvalue weighted by Gasteiger charge is -2.05. The van der Waals surface area contributed by atoms with Gasteiger partial charge in [0.05, 0.1) is 7.11 Å². The number of hydrogen-bond donors (Lipinski definition) is 1.